The van der Waals surface area contributed by atoms with E-state index in [-0.39, 0.29) is 13.2 Å². The van der Waals surface area contributed by atoms with Crippen LogP contribution in [-0.4, -0.2) is 75.7 Å². The van der Waals surface area contributed by atoms with E-state index in [0.717, 1.165) is 43.6 Å². The standard InChI is InChI=1S/C27H40O10/c1-5-24(28)34-20-22(36-26(30)7-3)14-12-18-32-16-10-9-11-17-33-19-13-15-23(37-27(31)8-4)21-35-25(29)6-2/h5-8,22-23H,1-4,9-21H2. The minimum Gasteiger partial charge on any atom is -0.459 e. The molecule has 0 aromatic carbocycles. The molecule has 0 aromatic rings. The quantitative estimate of drug-likeness (QED) is 0.0803. The van der Waals surface area contributed by atoms with Gasteiger partial charge >= 0.3 is 23.9 Å². The molecule has 0 radical (unpaired) electrons. The lowest BCUT2D eigenvalue weighted by Gasteiger charge is -2.17. The average molecular weight is 525 g/mol. The minimum absolute atomic E-state index is 0.0478. The Morgan fingerprint density at radius 3 is 1.22 bits per heavy atom. The highest BCUT2D eigenvalue weighted by Gasteiger charge is 2.16. The zero-order chi connectivity index (χ0) is 27.7. The molecule has 0 bridgehead atoms. The summed E-state index contributed by atoms with van der Waals surface area (Å²) >= 11 is 0. The van der Waals surface area contributed by atoms with Gasteiger partial charge in [-0.15, -0.1) is 0 Å². The van der Waals surface area contributed by atoms with E-state index in [1.54, 1.807) is 0 Å². The van der Waals surface area contributed by atoms with Crippen molar-refractivity contribution in [2.75, 3.05) is 39.6 Å². The maximum Gasteiger partial charge on any atom is 0.330 e. The molecule has 0 N–H and O–H groups in total. The summed E-state index contributed by atoms with van der Waals surface area (Å²) in [7, 11) is 0. The topological polar surface area (TPSA) is 124 Å². The van der Waals surface area contributed by atoms with Gasteiger partial charge in [0.2, 0.25) is 0 Å². The van der Waals surface area contributed by atoms with Gasteiger partial charge in [0.25, 0.3) is 0 Å². The fraction of sp³-hybridized carbons (Fsp3) is 0.556. The summed E-state index contributed by atoms with van der Waals surface area (Å²) in [5, 5.41) is 0. The van der Waals surface area contributed by atoms with Crippen LogP contribution in [0, 0.1) is 0 Å². The first-order valence-electron chi connectivity index (χ1n) is 12.3. The molecule has 0 aliphatic heterocycles. The Morgan fingerprint density at radius 2 is 0.865 bits per heavy atom. The Bertz CT molecular complexity index is 671. The number of hydrogen-bond donors (Lipinski definition) is 0. The van der Waals surface area contributed by atoms with Gasteiger partial charge in [0.05, 0.1) is 0 Å². The molecule has 2 atom stereocenters. The maximum absolute atomic E-state index is 11.4. The molecular formula is C27H40O10. The Balaban J connectivity index is 3.84. The molecule has 0 amide bonds. The van der Waals surface area contributed by atoms with E-state index >= 15 is 0 Å². The normalized spacial score (nSPS) is 11.9. The van der Waals surface area contributed by atoms with Gasteiger partial charge in [0, 0.05) is 50.7 Å². The first-order chi connectivity index (χ1) is 17.9. The predicted molar refractivity (Wildman–Crippen MR) is 136 cm³/mol. The molecular weight excluding hydrogens is 484 g/mol. The van der Waals surface area contributed by atoms with Crippen LogP contribution in [-0.2, 0) is 47.6 Å². The van der Waals surface area contributed by atoms with Gasteiger partial charge in [-0.1, -0.05) is 26.3 Å². The lowest BCUT2D eigenvalue weighted by atomic mass is 10.2. The number of ether oxygens (including phenoxy) is 6. The molecule has 0 aliphatic carbocycles. The summed E-state index contributed by atoms with van der Waals surface area (Å²) in [6, 6.07) is 0. The second-order valence-electron chi connectivity index (χ2n) is 7.76. The fourth-order valence-electron chi connectivity index (χ4n) is 2.86. The first-order valence-corrected chi connectivity index (χ1v) is 12.3. The van der Waals surface area contributed by atoms with Gasteiger partial charge in [-0.2, -0.15) is 0 Å². The van der Waals surface area contributed by atoms with Crippen LogP contribution in [0.3, 0.4) is 0 Å². The molecule has 0 aromatic heterocycles. The fourth-order valence-corrected chi connectivity index (χ4v) is 2.86. The van der Waals surface area contributed by atoms with Crippen LogP contribution in [0.5, 0.6) is 0 Å². The van der Waals surface area contributed by atoms with Crippen molar-refractivity contribution in [3.05, 3.63) is 50.6 Å². The van der Waals surface area contributed by atoms with Crippen LogP contribution in [0.1, 0.15) is 44.9 Å². The van der Waals surface area contributed by atoms with Gasteiger partial charge in [-0.25, -0.2) is 19.2 Å². The number of unbranched alkanes of at least 4 members (excludes halogenated alkanes) is 2. The number of hydrogen-bond acceptors (Lipinski definition) is 10. The third kappa shape index (κ3) is 20.6. The minimum atomic E-state index is -0.579. The zero-order valence-corrected chi connectivity index (χ0v) is 21.6. The highest BCUT2D eigenvalue weighted by Crippen LogP contribution is 2.08. The van der Waals surface area contributed by atoms with E-state index in [0.29, 0.717) is 52.1 Å². The van der Waals surface area contributed by atoms with Crippen molar-refractivity contribution in [2.45, 2.75) is 57.2 Å². The number of esters is 4. The molecule has 0 heterocycles. The van der Waals surface area contributed by atoms with Crippen LogP contribution in [0.15, 0.2) is 50.6 Å². The van der Waals surface area contributed by atoms with E-state index in [4.69, 9.17) is 28.4 Å². The van der Waals surface area contributed by atoms with E-state index in [2.05, 4.69) is 26.3 Å². The van der Waals surface area contributed by atoms with Gasteiger partial charge < -0.3 is 28.4 Å². The van der Waals surface area contributed by atoms with Crippen LogP contribution in [0.2, 0.25) is 0 Å². The molecule has 0 saturated carbocycles. The van der Waals surface area contributed by atoms with Crippen molar-refractivity contribution >= 4 is 23.9 Å². The monoisotopic (exact) mass is 524 g/mol. The van der Waals surface area contributed by atoms with E-state index in [1.165, 1.54) is 0 Å². The number of carbonyl (C=O) groups is 4. The van der Waals surface area contributed by atoms with E-state index in [9.17, 15) is 19.2 Å². The molecule has 10 nitrogen and oxygen atoms in total. The van der Waals surface area contributed by atoms with Gasteiger partial charge in [0.15, 0.2) is 0 Å². The molecule has 37 heavy (non-hydrogen) atoms. The Hall–Kier alpha value is -3.24. The van der Waals surface area contributed by atoms with Crippen molar-refractivity contribution in [2.24, 2.45) is 0 Å². The van der Waals surface area contributed by atoms with Crippen LogP contribution in [0.4, 0.5) is 0 Å². The molecule has 0 saturated heterocycles. The van der Waals surface area contributed by atoms with Crippen molar-refractivity contribution < 1.29 is 47.6 Å². The third-order valence-corrected chi connectivity index (χ3v) is 4.76. The van der Waals surface area contributed by atoms with Crippen LogP contribution < -0.4 is 0 Å². The van der Waals surface area contributed by atoms with Crippen LogP contribution in [0.25, 0.3) is 0 Å². The second-order valence-corrected chi connectivity index (χ2v) is 7.76. The summed E-state index contributed by atoms with van der Waals surface area (Å²) in [6.45, 7) is 15.4. The predicted octanol–water partition coefficient (Wildman–Crippen LogP) is 3.40. The third-order valence-electron chi connectivity index (χ3n) is 4.76. The Morgan fingerprint density at radius 1 is 0.514 bits per heavy atom. The second kappa shape index (κ2) is 23.2. The largest absolute Gasteiger partial charge is 0.459 e. The van der Waals surface area contributed by atoms with Crippen LogP contribution >= 0.6 is 0 Å². The summed E-state index contributed by atoms with van der Waals surface area (Å²) in [6.07, 6.45) is 8.03. The molecule has 10 heteroatoms. The van der Waals surface area contributed by atoms with Gasteiger partial charge in [0.1, 0.15) is 25.4 Å². The molecule has 0 fully saturated rings. The molecule has 0 rings (SSSR count). The van der Waals surface area contributed by atoms with Crippen molar-refractivity contribution in [1.29, 1.82) is 0 Å². The molecule has 2 unspecified atom stereocenters. The smallest absolute Gasteiger partial charge is 0.330 e. The van der Waals surface area contributed by atoms with Crippen molar-refractivity contribution in [3.8, 4) is 0 Å². The SMILES string of the molecule is C=CC(=O)OCC(CCCOCCCCCOCCCC(COC(=O)C=C)OC(=O)C=C)OC(=O)C=C. The van der Waals surface area contributed by atoms with E-state index in [1.807, 2.05) is 0 Å². The Labute approximate surface area is 219 Å². The molecule has 0 spiro atoms. The highest BCUT2D eigenvalue weighted by atomic mass is 16.6. The number of rotatable bonds is 24. The van der Waals surface area contributed by atoms with Crippen molar-refractivity contribution in [1.82, 2.24) is 0 Å². The molecule has 0 aliphatic rings. The maximum atomic E-state index is 11.4. The van der Waals surface area contributed by atoms with Gasteiger partial charge in [-0.05, 0) is 44.9 Å². The lowest BCUT2D eigenvalue weighted by Crippen LogP contribution is -2.24. The Kier molecular flexibility index (Phi) is 21.1. The number of carbonyl (C=O) groups excluding carboxylic acids is 4. The first kappa shape index (κ1) is 33.8. The zero-order valence-electron chi connectivity index (χ0n) is 21.6. The van der Waals surface area contributed by atoms with E-state index < -0.39 is 36.1 Å². The summed E-state index contributed by atoms with van der Waals surface area (Å²) in [5.74, 6) is -2.31. The highest BCUT2D eigenvalue weighted by molar-refractivity contribution is 5.82. The molecule has 208 valence electrons. The van der Waals surface area contributed by atoms with Gasteiger partial charge in [-0.3, -0.25) is 0 Å². The van der Waals surface area contributed by atoms with Crippen molar-refractivity contribution in [3.63, 3.8) is 0 Å². The average Bonchev–Trinajstić information content (AvgIpc) is 2.91. The summed E-state index contributed by atoms with van der Waals surface area (Å²) in [4.78, 5) is 45.2. The summed E-state index contributed by atoms with van der Waals surface area (Å²) in [5.41, 5.74) is 0. The summed E-state index contributed by atoms with van der Waals surface area (Å²) < 4.78 is 31.4. The lowest BCUT2D eigenvalue weighted by molar-refractivity contribution is -0.153.